The zero-order chi connectivity index (χ0) is 63.9. The van der Waals surface area contributed by atoms with Crippen molar-refractivity contribution in [3.63, 3.8) is 0 Å². The number of halogens is 1. The minimum atomic E-state index is -0.453. The molecule has 6 aliphatic rings. The van der Waals surface area contributed by atoms with Gasteiger partial charge in [0, 0.05) is 32.9 Å². The number of nitrogens with one attached hydrogen (secondary N) is 1. The van der Waals surface area contributed by atoms with Gasteiger partial charge in [-0.2, -0.15) is 0 Å². The Hall–Kier alpha value is -11.9. The zero-order valence-corrected chi connectivity index (χ0v) is 54.4. The molecule has 2 spiro atoms. The molecule has 2 nitrogen and oxygen atoms in total. The van der Waals surface area contributed by atoms with E-state index in [2.05, 4.69) is 317 Å². The number of nitrogens with zero attached hydrogens (tertiary/aromatic N) is 1. The molecule has 16 aromatic carbocycles. The first-order valence-electron chi connectivity index (χ1n) is 33.6. The number of fused-ring (bicyclic) bond motifs is 28. The first kappa shape index (κ1) is 55.6. The molecule has 452 valence electrons. The van der Waals surface area contributed by atoms with Gasteiger partial charge in [-0.25, -0.2) is 0 Å². The fourth-order valence-corrected chi connectivity index (χ4v) is 18.3. The van der Waals surface area contributed by atoms with Crippen molar-refractivity contribution in [1.82, 2.24) is 0 Å². The van der Waals surface area contributed by atoms with Crippen molar-refractivity contribution in [1.29, 1.82) is 0 Å². The van der Waals surface area contributed by atoms with Gasteiger partial charge in [-0.3, -0.25) is 0 Å². The first-order chi connectivity index (χ1) is 48.1. The number of hydrogen-bond donors (Lipinski definition) is 1. The number of hydrogen-bond acceptors (Lipinski definition) is 2. The van der Waals surface area contributed by atoms with Gasteiger partial charge in [-0.05, 0) is 240 Å². The molecule has 1 N–H and O–H groups in total. The van der Waals surface area contributed by atoms with E-state index < -0.39 is 5.41 Å². The van der Waals surface area contributed by atoms with Crippen LogP contribution in [0.25, 0.3) is 111 Å². The van der Waals surface area contributed by atoms with E-state index in [-0.39, 0.29) is 5.41 Å². The lowest BCUT2D eigenvalue weighted by atomic mass is 9.70. The summed E-state index contributed by atoms with van der Waals surface area (Å²) >= 11 is 3.82. The monoisotopic (exact) mass is 1290 g/mol. The third-order valence-electron chi connectivity index (χ3n) is 21.5. The molecule has 0 heterocycles. The molecule has 0 radical (unpaired) electrons. The van der Waals surface area contributed by atoms with Crippen LogP contribution in [0.3, 0.4) is 0 Å². The molecule has 0 aliphatic heterocycles. The van der Waals surface area contributed by atoms with Gasteiger partial charge in [0.25, 0.3) is 0 Å². The van der Waals surface area contributed by atoms with E-state index in [1.165, 1.54) is 155 Å². The molecule has 16 aromatic rings. The molecule has 2 atom stereocenters. The predicted octanol–water partition coefficient (Wildman–Crippen LogP) is 25.3. The van der Waals surface area contributed by atoms with E-state index in [0.29, 0.717) is 0 Å². The largest absolute Gasteiger partial charge is 0.356 e. The fraction of sp³-hybridized carbons (Fsp3) is 0.0213. The summed E-state index contributed by atoms with van der Waals surface area (Å²) in [6.45, 7) is 0. The molecule has 0 fully saturated rings. The Morgan fingerprint density at radius 2 is 0.546 bits per heavy atom. The van der Waals surface area contributed by atoms with Crippen LogP contribution >= 0.6 is 15.9 Å². The second kappa shape index (κ2) is 21.6. The van der Waals surface area contributed by atoms with Crippen molar-refractivity contribution in [2.45, 2.75) is 10.8 Å². The topological polar surface area (TPSA) is 15.3 Å². The van der Waals surface area contributed by atoms with Gasteiger partial charge >= 0.3 is 0 Å². The summed E-state index contributed by atoms with van der Waals surface area (Å²) in [7, 11) is 0. The van der Waals surface area contributed by atoms with Crippen molar-refractivity contribution in [3.05, 3.63) is 401 Å². The van der Waals surface area contributed by atoms with Gasteiger partial charge in [0.1, 0.15) is 0 Å². The van der Waals surface area contributed by atoms with Crippen molar-refractivity contribution >= 4 is 65.9 Å². The van der Waals surface area contributed by atoms with Gasteiger partial charge in [-0.15, -0.1) is 0 Å². The van der Waals surface area contributed by atoms with Crippen LogP contribution in [0.5, 0.6) is 0 Å². The Balaban J connectivity index is 0.000000114. The van der Waals surface area contributed by atoms with Gasteiger partial charge in [0.2, 0.25) is 0 Å². The maximum Gasteiger partial charge on any atom is 0.0726 e. The highest BCUT2D eigenvalue weighted by Gasteiger charge is 2.55. The Labute approximate surface area is 572 Å². The summed E-state index contributed by atoms with van der Waals surface area (Å²) in [5.74, 6) is 0. The summed E-state index contributed by atoms with van der Waals surface area (Å²) < 4.78 is 1.12. The molecule has 0 aromatic heterocycles. The molecule has 0 amide bonds. The molecule has 0 bridgehead atoms. The highest BCUT2D eigenvalue weighted by Crippen LogP contribution is 2.68. The van der Waals surface area contributed by atoms with Gasteiger partial charge < -0.3 is 10.2 Å². The third-order valence-corrected chi connectivity index (χ3v) is 22.0. The maximum absolute atomic E-state index is 3.82. The van der Waals surface area contributed by atoms with Crippen LogP contribution < -0.4 is 10.2 Å². The summed E-state index contributed by atoms with van der Waals surface area (Å²) in [5.41, 5.74) is 37.4. The van der Waals surface area contributed by atoms with E-state index in [1.807, 2.05) is 60.7 Å². The molecule has 6 aliphatic carbocycles. The number of benzene rings is 16. The predicted molar refractivity (Wildman–Crippen MR) is 408 cm³/mol. The van der Waals surface area contributed by atoms with Crippen molar-refractivity contribution in [3.8, 4) is 89.0 Å². The number of anilines is 5. The van der Waals surface area contributed by atoms with Crippen LogP contribution in [-0.2, 0) is 10.8 Å². The second-order valence-electron chi connectivity index (χ2n) is 26.2. The average Bonchev–Trinajstić information content (AvgIpc) is 1.50. The lowest BCUT2D eigenvalue weighted by Gasteiger charge is -2.32. The summed E-state index contributed by atoms with van der Waals surface area (Å²) in [4.78, 5) is 2.39. The molecule has 0 saturated carbocycles. The van der Waals surface area contributed by atoms with E-state index in [4.69, 9.17) is 0 Å². The lowest BCUT2D eigenvalue weighted by Crippen LogP contribution is -2.26. The van der Waals surface area contributed by atoms with Crippen LogP contribution in [-0.4, -0.2) is 0 Å². The SMILES string of the molecule is Brc1ccc2c(c1)C1(c3ccccc3-2)c2ccccc2-c2c1cc1c3c(cccc23)-c2ccccc2-1.c1ccc(N(c2ccccc2)c2ccc3c(c2)C2(c4ccccc4-3)c3ccccc3-c3c2cc2c4c(cccc34)-c3ccccc3-2)cc1.c1ccc(Nc2ccccc2)cc1. The summed E-state index contributed by atoms with van der Waals surface area (Å²) in [5, 5.41) is 8.78. The molecule has 97 heavy (non-hydrogen) atoms. The number of para-hydroxylation sites is 4. The lowest BCUT2D eigenvalue weighted by molar-refractivity contribution is 0.794. The molecule has 0 saturated heterocycles. The van der Waals surface area contributed by atoms with Crippen molar-refractivity contribution < 1.29 is 0 Å². The van der Waals surface area contributed by atoms with Gasteiger partial charge in [-0.1, -0.05) is 283 Å². The molecule has 2 unspecified atom stereocenters. The smallest absolute Gasteiger partial charge is 0.0726 e. The minimum Gasteiger partial charge on any atom is -0.356 e. The fourth-order valence-electron chi connectivity index (χ4n) is 17.9. The van der Waals surface area contributed by atoms with E-state index in [9.17, 15) is 0 Å². The average molecular weight is 1300 g/mol. The molecular formula is C94H59BrN2. The summed E-state index contributed by atoms with van der Waals surface area (Å²) in [6, 6.07) is 129. The van der Waals surface area contributed by atoms with E-state index in [0.717, 1.165) is 32.9 Å². The third kappa shape index (κ3) is 7.89. The number of rotatable bonds is 5. The Kier molecular flexibility index (Phi) is 12.4. The van der Waals surface area contributed by atoms with Crippen LogP contribution in [0.15, 0.2) is 356 Å². The molecule has 3 heteroatoms. The first-order valence-corrected chi connectivity index (χ1v) is 34.4. The second-order valence-corrected chi connectivity index (χ2v) is 27.1. The van der Waals surface area contributed by atoms with Crippen LogP contribution in [0.4, 0.5) is 28.4 Å². The standard InChI is InChI=1S/C47H29N.C35H19Br.C12H11N/c1-3-14-30(15-4-1)48(31-16-5-2-6-17-31)32-26-27-36-35-20-9-11-24-41(35)47(43(36)28-32)42-25-12-10-21-38(42)46-39-23-13-22-37-33-18-7-8-19-34(33)40(45(37)39)29-44(46)47;36-20-16-17-24-23-10-3-5-14-29(23)35(31(24)18-20)30-15-6-4-11-26(30)34-27-13-7-12-25-21-8-1-2-9-22(21)28(33(25)27)19-32(34)35;1-3-7-11(8-4-1)13-12-9-5-2-6-10-12/h1-29H;1-19H;1-10,13H. The van der Waals surface area contributed by atoms with E-state index >= 15 is 0 Å². The van der Waals surface area contributed by atoms with Crippen LogP contribution in [0, 0.1) is 0 Å². The minimum absolute atomic E-state index is 0.333. The zero-order valence-electron chi connectivity index (χ0n) is 52.8. The van der Waals surface area contributed by atoms with Gasteiger partial charge in [0.05, 0.1) is 10.8 Å². The van der Waals surface area contributed by atoms with Crippen LogP contribution in [0.2, 0.25) is 0 Å². The normalized spacial score (nSPS) is 15.4. The highest BCUT2D eigenvalue weighted by molar-refractivity contribution is 9.10. The molecular weight excluding hydrogens is 1240 g/mol. The van der Waals surface area contributed by atoms with Crippen molar-refractivity contribution in [2.24, 2.45) is 0 Å². The maximum atomic E-state index is 3.82. The van der Waals surface area contributed by atoms with Crippen LogP contribution in [0.1, 0.15) is 44.5 Å². The van der Waals surface area contributed by atoms with Gasteiger partial charge in [0.15, 0.2) is 0 Å². The highest BCUT2D eigenvalue weighted by atomic mass is 79.9. The Morgan fingerprint density at radius 3 is 0.990 bits per heavy atom. The van der Waals surface area contributed by atoms with E-state index in [1.54, 1.807) is 0 Å². The Bertz CT molecular complexity index is 5860. The van der Waals surface area contributed by atoms with Crippen molar-refractivity contribution in [2.75, 3.05) is 10.2 Å². The quantitative estimate of drug-likeness (QED) is 0.185. The summed E-state index contributed by atoms with van der Waals surface area (Å²) in [6.07, 6.45) is 0. The Morgan fingerprint density at radius 1 is 0.216 bits per heavy atom. The molecule has 22 rings (SSSR count).